The third-order valence-corrected chi connectivity index (χ3v) is 6.10. The van der Waals surface area contributed by atoms with E-state index in [0.717, 1.165) is 30.5 Å². The van der Waals surface area contributed by atoms with Crippen molar-refractivity contribution in [1.82, 2.24) is 0 Å². The van der Waals surface area contributed by atoms with Crippen LogP contribution in [0.25, 0.3) is 0 Å². The Balaban J connectivity index is 1.85. The first-order chi connectivity index (χ1) is 12.0. The van der Waals surface area contributed by atoms with Crippen molar-refractivity contribution < 1.29 is 13.2 Å². The van der Waals surface area contributed by atoms with E-state index >= 15 is 0 Å². The minimum atomic E-state index is -3.61. The van der Waals surface area contributed by atoms with Crippen LogP contribution in [0.5, 0.6) is 0 Å². The van der Waals surface area contributed by atoms with Crippen LogP contribution < -0.4 is 9.62 Å². The van der Waals surface area contributed by atoms with E-state index in [1.807, 2.05) is 31.2 Å². The van der Waals surface area contributed by atoms with Crippen LogP contribution in [0.4, 0.5) is 11.4 Å². The number of carbonyl (C=O) groups is 1. The number of aryl methyl sites for hydroxylation is 1. The highest BCUT2D eigenvalue weighted by Gasteiger charge is 2.28. The van der Waals surface area contributed by atoms with Crippen molar-refractivity contribution in [2.75, 3.05) is 16.2 Å². The maximum Gasteiger partial charge on any atom is 0.264 e. The molecular formula is C19H22N2O3S. The molecule has 0 unspecified atom stereocenters. The van der Waals surface area contributed by atoms with E-state index in [9.17, 15) is 13.2 Å². The van der Waals surface area contributed by atoms with Crippen molar-refractivity contribution in [2.24, 2.45) is 0 Å². The second-order valence-electron chi connectivity index (χ2n) is 6.13. The Labute approximate surface area is 148 Å². The van der Waals surface area contributed by atoms with E-state index in [1.165, 1.54) is 4.31 Å². The molecule has 1 aliphatic rings. The van der Waals surface area contributed by atoms with Gasteiger partial charge in [0.1, 0.15) is 0 Å². The molecule has 2 aromatic rings. The maximum absolute atomic E-state index is 13.0. The smallest absolute Gasteiger partial charge is 0.264 e. The van der Waals surface area contributed by atoms with Crippen molar-refractivity contribution in [3.8, 4) is 0 Å². The van der Waals surface area contributed by atoms with Crippen LogP contribution in [0.3, 0.4) is 0 Å². The summed E-state index contributed by atoms with van der Waals surface area (Å²) in [4.78, 5) is 11.9. The molecule has 0 atom stereocenters. The number of nitrogens with one attached hydrogen (secondary N) is 1. The average molecular weight is 358 g/mol. The number of rotatable bonds is 5. The highest BCUT2D eigenvalue weighted by atomic mass is 32.2. The lowest BCUT2D eigenvalue weighted by molar-refractivity contribution is -0.116. The molecule has 0 bridgehead atoms. The molecule has 0 radical (unpaired) electrons. The minimum absolute atomic E-state index is 0.0666. The summed E-state index contributed by atoms with van der Waals surface area (Å²) in [7, 11) is -3.61. The number of sulfonamides is 1. The Morgan fingerprint density at radius 1 is 1.12 bits per heavy atom. The number of hydrogen-bond donors (Lipinski definition) is 1. The van der Waals surface area contributed by atoms with Gasteiger partial charge in [-0.3, -0.25) is 9.10 Å². The Morgan fingerprint density at radius 2 is 1.84 bits per heavy atom. The van der Waals surface area contributed by atoms with Gasteiger partial charge in [-0.15, -0.1) is 0 Å². The van der Waals surface area contributed by atoms with Crippen LogP contribution in [-0.4, -0.2) is 20.9 Å². The fourth-order valence-electron chi connectivity index (χ4n) is 3.04. The molecule has 0 saturated heterocycles. The molecule has 2 aromatic carbocycles. The minimum Gasteiger partial charge on any atom is -0.326 e. The van der Waals surface area contributed by atoms with Crippen LogP contribution in [-0.2, 0) is 21.2 Å². The normalized spacial score (nSPS) is 14.0. The molecule has 0 aliphatic carbocycles. The molecule has 1 N–H and O–H groups in total. The zero-order valence-electron chi connectivity index (χ0n) is 14.2. The summed E-state index contributed by atoms with van der Waals surface area (Å²) in [6, 6.07) is 14.0. The summed E-state index contributed by atoms with van der Waals surface area (Å²) >= 11 is 0. The van der Waals surface area contributed by atoms with Crippen molar-refractivity contribution in [2.45, 2.75) is 37.5 Å². The molecule has 0 spiro atoms. The molecule has 3 rings (SSSR count). The topological polar surface area (TPSA) is 66.5 Å². The highest BCUT2D eigenvalue weighted by molar-refractivity contribution is 7.92. The standard InChI is InChI=1S/C19H22N2O3S/c1-2-6-19(22)20-16-10-12-17(13-11-16)25(23,24)21-14-5-8-15-7-3-4-9-18(15)21/h3-4,7,9-13H,2,5-6,8,14H2,1H3,(H,20,22). The van der Waals surface area contributed by atoms with E-state index < -0.39 is 10.0 Å². The first-order valence-corrected chi connectivity index (χ1v) is 9.97. The average Bonchev–Trinajstić information content (AvgIpc) is 2.62. The first-order valence-electron chi connectivity index (χ1n) is 8.53. The summed E-state index contributed by atoms with van der Waals surface area (Å²) in [5.41, 5.74) is 2.42. The molecular weight excluding hydrogens is 336 g/mol. The Morgan fingerprint density at radius 3 is 2.56 bits per heavy atom. The van der Waals surface area contributed by atoms with Gasteiger partial charge >= 0.3 is 0 Å². The summed E-state index contributed by atoms with van der Waals surface area (Å²) in [5, 5.41) is 2.77. The van der Waals surface area contributed by atoms with Gasteiger partial charge in [0.15, 0.2) is 0 Å². The van der Waals surface area contributed by atoms with Crippen molar-refractivity contribution >= 4 is 27.3 Å². The van der Waals surface area contributed by atoms with Crippen LogP contribution in [0, 0.1) is 0 Å². The number of carbonyl (C=O) groups excluding carboxylic acids is 1. The van der Waals surface area contributed by atoms with E-state index in [1.54, 1.807) is 24.3 Å². The molecule has 6 heteroatoms. The third kappa shape index (κ3) is 3.69. The van der Waals surface area contributed by atoms with E-state index in [2.05, 4.69) is 5.32 Å². The number of fused-ring (bicyclic) bond motifs is 1. The monoisotopic (exact) mass is 358 g/mol. The summed E-state index contributed by atoms with van der Waals surface area (Å²) in [6.07, 6.45) is 2.92. The second-order valence-corrected chi connectivity index (χ2v) is 7.99. The molecule has 0 aromatic heterocycles. The zero-order valence-corrected chi connectivity index (χ0v) is 15.1. The fourth-order valence-corrected chi connectivity index (χ4v) is 4.58. The molecule has 132 valence electrons. The number of hydrogen-bond acceptors (Lipinski definition) is 3. The Kier molecular flexibility index (Phi) is 5.08. The number of para-hydroxylation sites is 1. The number of amides is 1. The number of anilines is 2. The largest absolute Gasteiger partial charge is 0.326 e. The molecule has 1 heterocycles. The van der Waals surface area contributed by atoms with E-state index in [4.69, 9.17) is 0 Å². The predicted octanol–water partition coefficient (Wildman–Crippen LogP) is 3.57. The lowest BCUT2D eigenvalue weighted by Gasteiger charge is -2.30. The molecule has 1 amide bonds. The van der Waals surface area contributed by atoms with Crippen molar-refractivity contribution in [1.29, 1.82) is 0 Å². The van der Waals surface area contributed by atoms with Gasteiger partial charge in [-0.2, -0.15) is 0 Å². The van der Waals surface area contributed by atoms with Crippen molar-refractivity contribution in [3.05, 3.63) is 54.1 Å². The molecule has 0 fully saturated rings. The third-order valence-electron chi connectivity index (χ3n) is 4.27. The SMILES string of the molecule is CCCC(=O)Nc1ccc(S(=O)(=O)N2CCCc3ccccc32)cc1. The van der Waals surface area contributed by atoms with Crippen LogP contribution in [0.2, 0.25) is 0 Å². The van der Waals surface area contributed by atoms with Gasteiger partial charge in [-0.25, -0.2) is 8.42 Å². The molecule has 25 heavy (non-hydrogen) atoms. The van der Waals surface area contributed by atoms with Gasteiger partial charge in [-0.1, -0.05) is 25.1 Å². The quantitative estimate of drug-likeness (QED) is 0.888. The number of benzene rings is 2. The lowest BCUT2D eigenvalue weighted by Crippen LogP contribution is -2.35. The van der Waals surface area contributed by atoms with Gasteiger partial charge in [0, 0.05) is 18.7 Å². The van der Waals surface area contributed by atoms with Gasteiger partial charge in [-0.05, 0) is 55.2 Å². The first kappa shape index (κ1) is 17.5. The summed E-state index contributed by atoms with van der Waals surface area (Å²) in [5.74, 6) is -0.0666. The maximum atomic E-state index is 13.0. The number of nitrogens with zero attached hydrogens (tertiary/aromatic N) is 1. The Bertz CT molecular complexity index is 860. The van der Waals surface area contributed by atoms with Gasteiger partial charge in [0.2, 0.25) is 5.91 Å². The molecule has 1 aliphatic heterocycles. The van der Waals surface area contributed by atoms with E-state index in [0.29, 0.717) is 18.7 Å². The lowest BCUT2D eigenvalue weighted by atomic mass is 10.0. The van der Waals surface area contributed by atoms with Gasteiger partial charge in [0.05, 0.1) is 10.6 Å². The fraction of sp³-hybridized carbons (Fsp3) is 0.316. The predicted molar refractivity (Wildman–Crippen MR) is 99.3 cm³/mol. The van der Waals surface area contributed by atoms with E-state index in [-0.39, 0.29) is 10.8 Å². The summed E-state index contributed by atoms with van der Waals surface area (Å²) < 4.78 is 27.5. The Hall–Kier alpha value is -2.34. The zero-order chi connectivity index (χ0) is 17.9. The van der Waals surface area contributed by atoms with Crippen LogP contribution >= 0.6 is 0 Å². The second kappa shape index (κ2) is 7.27. The highest BCUT2D eigenvalue weighted by Crippen LogP contribution is 2.32. The van der Waals surface area contributed by atoms with Gasteiger partial charge < -0.3 is 5.32 Å². The van der Waals surface area contributed by atoms with Crippen LogP contribution in [0.15, 0.2) is 53.4 Å². The summed E-state index contributed by atoms with van der Waals surface area (Å²) in [6.45, 7) is 2.42. The van der Waals surface area contributed by atoms with Crippen molar-refractivity contribution in [3.63, 3.8) is 0 Å². The molecule has 0 saturated carbocycles. The molecule has 5 nitrogen and oxygen atoms in total. The van der Waals surface area contributed by atoms with Crippen LogP contribution in [0.1, 0.15) is 31.7 Å². The van der Waals surface area contributed by atoms with Gasteiger partial charge in [0.25, 0.3) is 10.0 Å².